The van der Waals surface area contributed by atoms with Gasteiger partial charge in [-0.1, -0.05) is 48.4 Å². The fraction of sp³-hybridized carbons (Fsp3) is 0.359. The van der Waals surface area contributed by atoms with E-state index in [1.165, 1.54) is 25.2 Å². The van der Waals surface area contributed by atoms with Crippen LogP contribution in [0.2, 0.25) is 5.02 Å². The number of likely N-dealkylation sites (tertiary alicyclic amines) is 1. The molecule has 2 fully saturated rings. The number of hydrogen-bond donors (Lipinski definition) is 2. The van der Waals surface area contributed by atoms with Crippen molar-refractivity contribution in [2.45, 2.75) is 50.6 Å². The van der Waals surface area contributed by atoms with Gasteiger partial charge in [0.05, 0.1) is 18.3 Å². The summed E-state index contributed by atoms with van der Waals surface area (Å²) in [4.78, 5) is 46.1. The third kappa shape index (κ3) is 7.15. The number of amides is 2. The third-order valence-electron chi connectivity index (χ3n) is 10.6. The number of ether oxygens (including phenoxy) is 1. The topological polar surface area (TPSA) is 123 Å². The molecule has 2 aromatic carbocycles. The molecule has 5 aromatic rings. The van der Waals surface area contributed by atoms with E-state index >= 15 is 0 Å². The van der Waals surface area contributed by atoms with Crippen molar-refractivity contribution in [3.05, 3.63) is 109 Å². The van der Waals surface area contributed by atoms with Crippen LogP contribution < -0.4 is 26.6 Å². The second-order valence-electron chi connectivity index (χ2n) is 13.7. The van der Waals surface area contributed by atoms with Gasteiger partial charge in [-0.25, -0.2) is 23.4 Å². The number of halogens is 3. The Kier molecular flexibility index (Phi) is 11.3. The van der Waals surface area contributed by atoms with E-state index in [1.54, 1.807) is 7.11 Å². The van der Waals surface area contributed by atoms with Gasteiger partial charge in [-0.3, -0.25) is 4.90 Å². The summed E-state index contributed by atoms with van der Waals surface area (Å²) in [6, 6.07) is 18.8. The average molecular weight is 797 g/mol. The van der Waals surface area contributed by atoms with E-state index in [4.69, 9.17) is 21.3 Å². The largest absolute Gasteiger partial charge is 2.00 e. The molecule has 15 heteroatoms. The molecule has 8 rings (SSSR count). The predicted molar refractivity (Wildman–Crippen MR) is 197 cm³/mol. The normalized spacial score (nSPS) is 19.2. The van der Waals surface area contributed by atoms with Gasteiger partial charge in [0.25, 0.3) is 0 Å². The van der Waals surface area contributed by atoms with Crippen LogP contribution in [0.4, 0.5) is 13.6 Å². The molecule has 1 spiro atoms. The van der Waals surface area contributed by atoms with E-state index < -0.39 is 23.4 Å². The number of nitrogens with one attached hydrogen (secondary N) is 2. The molecule has 54 heavy (non-hydrogen) atoms. The van der Waals surface area contributed by atoms with Gasteiger partial charge in [0, 0.05) is 61.6 Å². The maximum atomic E-state index is 12.5. The van der Waals surface area contributed by atoms with Crippen LogP contribution in [0.3, 0.4) is 0 Å². The Labute approximate surface area is 326 Å². The Morgan fingerprint density at radius 2 is 1.81 bits per heavy atom. The van der Waals surface area contributed by atoms with Gasteiger partial charge >= 0.3 is 28.8 Å². The Hall–Kier alpha value is -4.62. The monoisotopic (exact) mass is 796 g/mol. The summed E-state index contributed by atoms with van der Waals surface area (Å²) in [7, 11) is 4.40. The van der Waals surface area contributed by atoms with Crippen LogP contribution in [0.1, 0.15) is 54.1 Å². The second-order valence-corrected chi connectivity index (χ2v) is 14.1. The number of methoxy groups -OCH3 is 1. The van der Waals surface area contributed by atoms with Crippen LogP contribution in [0.25, 0.3) is 33.3 Å². The summed E-state index contributed by atoms with van der Waals surface area (Å²) < 4.78 is 32.8. The number of nitrogens with zero attached hydrogens (tertiary/aromatic N) is 5. The minimum Gasteiger partial charge on any atom is -0.481 e. The minimum atomic E-state index is -2.77. The van der Waals surface area contributed by atoms with Crippen LogP contribution in [-0.2, 0) is 37.6 Å². The second kappa shape index (κ2) is 15.6. The van der Waals surface area contributed by atoms with Crippen molar-refractivity contribution >= 4 is 28.5 Å². The standard InChI is InChI=1S/C29H30ClN4O2.C10H8F2N3O2.Mn/c1-18-6-3-4-7-20(18)21-8-5-9-22(26(21)30)23-16-19-10-11-24(25(19)27(32-23)36-2)34-15-13-29(17-34)12-14-31-28(35)33-29;1-14-7-3-6(8(11)12)13-4-5(7)9(16)15(2)10(14)17;/h3-5,7-9,16,24H,10-15,17H2,1-2H3,(H2,31,33,35);3,8H,1-2H3;/q2*-1;+2/t24-,29-;;/m1../s1. The number of pyridine rings is 2. The van der Waals surface area contributed by atoms with E-state index in [2.05, 4.69) is 44.9 Å². The molecule has 2 saturated heterocycles. The summed E-state index contributed by atoms with van der Waals surface area (Å²) >= 11 is 6.98. The number of carbonyl (C=O) groups excluding carboxylic acids is 1. The molecule has 0 bridgehead atoms. The number of carbonyl (C=O) groups is 1. The fourth-order valence-corrected chi connectivity index (χ4v) is 8.09. The SMILES string of the molecule is COc1nc(-c2cccc(-c3ccc[c-]c3C)c2Cl)cc2c1[C@H](N1CC[C@]3(CCNC(=O)N3)C1)CC2.Cn1c(=O)c2[c-]nc(C(F)F)cc2n(C)c1=O.[Mn+2]. The number of rotatable bonds is 5. The van der Waals surface area contributed by atoms with Crippen LogP contribution >= 0.6 is 11.6 Å². The Morgan fingerprint density at radius 1 is 1.06 bits per heavy atom. The van der Waals surface area contributed by atoms with Gasteiger partial charge in [0.2, 0.25) is 12.3 Å². The molecule has 2 amide bonds. The number of urea groups is 1. The van der Waals surface area contributed by atoms with Gasteiger partial charge in [-0.05, 0) is 54.4 Å². The zero-order chi connectivity index (χ0) is 37.6. The molecule has 2 aliphatic heterocycles. The van der Waals surface area contributed by atoms with Crippen LogP contribution in [0, 0.1) is 19.2 Å². The van der Waals surface area contributed by atoms with Gasteiger partial charge in [-0.2, -0.15) is 29.8 Å². The molecule has 281 valence electrons. The van der Waals surface area contributed by atoms with Gasteiger partial charge < -0.3 is 34.3 Å². The summed E-state index contributed by atoms with van der Waals surface area (Å²) in [5, 5.41) is 6.79. The van der Waals surface area contributed by atoms with Crippen molar-refractivity contribution in [2.24, 2.45) is 14.1 Å². The van der Waals surface area contributed by atoms with Crippen molar-refractivity contribution in [1.82, 2.24) is 34.6 Å². The van der Waals surface area contributed by atoms with Crippen molar-refractivity contribution in [2.75, 3.05) is 26.7 Å². The first kappa shape index (κ1) is 39.1. The van der Waals surface area contributed by atoms with Crippen LogP contribution in [0.5, 0.6) is 5.88 Å². The molecule has 2 N–H and O–H groups in total. The maximum Gasteiger partial charge on any atom is 2.00 e. The van der Waals surface area contributed by atoms with Crippen molar-refractivity contribution in [1.29, 1.82) is 0 Å². The van der Waals surface area contributed by atoms with Gasteiger partial charge in [0.15, 0.2) is 5.56 Å². The first-order valence-electron chi connectivity index (χ1n) is 17.3. The molecule has 1 aliphatic carbocycles. The number of fused-ring (bicyclic) bond motifs is 2. The third-order valence-corrected chi connectivity index (χ3v) is 11.0. The van der Waals surface area contributed by atoms with Crippen LogP contribution in [0.15, 0.2) is 58.1 Å². The molecule has 1 radical (unpaired) electrons. The Bertz CT molecular complexity index is 2370. The van der Waals surface area contributed by atoms with E-state index in [0.717, 1.165) is 88.5 Å². The zero-order valence-corrected chi connectivity index (χ0v) is 32.0. The molecule has 3 aliphatic rings. The van der Waals surface area contributed by atoms with E-state index in [0.29, 0.717) is 10.9 Å². The Morgan fingerprint density at radius 3 is 2.54 bits per heavy atom. The van der Waals surface area contributed by atoms with Gasteiger partial charge in [0.1, 0.15) is 0 Å². The van der Waals surface area contributed by atoms with Crippen LogP contribution in [-0.4, -0.2) is 62.3 Å². The number of aromatic nitrogens is 4. The molecule has 3 aromatic heterocycles. The number of alkyl halides is 2. The van der Waals surface area contributed by atoms with Gasteiger partial charge in [-0.15, -0.1) is 5.56 Å². The zero-order valence-electron chi connectivity index (χ0n) is 30.1. The molecule has 2 atom stereocenters. The first-order chi connectivity index (χ1) is 25.4. The Balaban J connectivity index is 0.000000233. The van der Waals surface area contributed by atoms with E-state index in [1.807, 2.05) is 37.3 Å². The summed E-state index contributed by atoms with van der Waals surface area (Å²) in [6.07, 6.45) is 3.40. The summed E-state index contributed by atoms with van der Waals surface area (Å²) in [6.45, 7) is 4.59. The quantitative estimate of drug-likeness (QED) is 0.173. The van der Waals surface area contributed by atoms with Crippen molar-refractivity contribution in [3.63, 3.8) is 0 Å². The molecule has 11 nitrogen and oxygen atoms in total. The van der Waals surface area contributed by atoms with Crippen molar-refractivity contribution in [3.8, 4) is 28.3 Å². The maximum absolute atomic E-state index is 12.5. The van der Waals surface area contributed by atoms with Crippen molar-refractivity contribution < 1.29 is 35.4 Å². The average Bonchev–Trinajstić information content (AvgIpc) is 3.77. The number of aryl methyl sites for hydroxylation is 3. The summed E-state index contributed by atoms with van der Waals surface area (Å²) in [5.41, 5.74) is 5.57. The minimum absolute atomic E-state index is 0. The number of benzene rings is 2. The molecule has 0 saturated carbocycles. The molecule has 0 unspecified atom stereocenters. The first-order valence-corrected chi connectivity index (χ1v) is 17.7. The predicted octanol–water partition coefficient (Wildman–Crippen LogP) is 5.69. The molecule has 5 heterocycles. The summed E-state index contributed by atoms with van der Waals surface area (Å²) in [5.74, 6) is 0.672. The molecular weight excluding hydrogens is 759 g/mol. The number of hydrogen-bond acceptors (Lipinski definition) is 7. The van der Waals surface area contributed by atoms with E-state index in [-0.39, 0.29) is 45.6 Å². The fourth-order valence-electron chi connectivity index (χ4n) is 7.77. The smallest absolute Gasteiger partial charge is 0.481 e. The molecular formula is C39H38ClF2MnN7O4. The van der Waals surface area contributed by atoms with E-state index in [9.17, 15) is 23.2 Å².